The molecule has 5 rings (SSSR count). The number of carbonyl (C=O) groups is 1. The van der Waals surface area contributed by atoms with Crippen molar-refractivity contribution in [1.82, 2.24) is 19.9 Å². The molecule has 10 heteroatoms. The molecule has 0 bridgehead atoms. The number of sulfonamides is 1. The molecular weight excluding hydrogens is 498 g/mol. The van der Waals surface area contributed by atoms with Gasteiger partial charge in [-0.1, -0.05) is 29.8 Å². The molecule has 2 N–H and O–H groups in total. The molecule has 0 unspecified atom stereocenters. The van der Waals surface area contributed by atoms with E-state index in [0.29, 0.717) is 34.0 Å². The van der Waals surface area contributed by atoms with Crippen LogP contribution in [0.1, 0.15) is 15.9 Å². The Labute approximate surface area is 212 Å². The summed E-state index contributed by atoms with van der Waals surface area (Å²) in [5.74, 6) is -0.215. The number of benzene rings is 3. The Hall–Kier alpha value is -4.21. The van der Waals surface area contributed by atoms with E-state index in [1.165, 1.54) is 12.1 Å². The van der Waals surface area contributed by atoms with Gasteiger partial charge in [0, 0.05) is 35.2 Å². The second kappa shape index (κ2) is 9.80. The van der Waals surface area contributed by atoms with Gasteiger partial charge in [-0.2, -0.15) is 0 Å². The zero-order chi connectivity index (χ0) is 25.1. The monoisotopic (exact) mass is 517 g/mol. The maximum absolute atomic E-state index is 12.8. The predicted molar refractivity (Wildman–Crippen MR) is 139 cm³/mol. The van der Waals surface area contributed by atoms with Crippen LogP contribution in [0.3, 0.4) is 0 Å². The molecule has 0 aliphatic rings. The maximum Gasteiger partial charge on any atom is 0.261 e. The van der Waals surface area contributed by atoms with Crippen LogP contribution < -0.4 is 10.0 Å². The number of hydrogen-bond acceptors (Lipinski definition) is 5. The van der Waals surface area contributed by atoms with E-state index in [9.17, 15) is 13.2 Å². The van der Waals surface area contributed by atoms with E-state index < -0.39 is 10.0 Å². The van der Waals surface area contributed by atoms with Crippen LogP contribution in [0.15, 0.2) is 102 Å². The van der Waals surface area contributed by atoms with Gasteiger partial charge in [-0.15, -0.1) is 0 Å². The predicted octanol–water partition coefficient (Wildman–Crippen LogP) is 4.80. The molecule has 0 spiro atoms. The van der Waals surface area contributed by atoms with E-state index in [1.54, 1.807) is 61.2 Å². The molecule has 1 amide bonds. The number of rotatable bonds is 7. The molecule has 0 atom stereocenters. The van der Waals surface area contributed by atoms with Gasteiger partial charge in [0.05, 0.1) is 21.6 Å². The van der Waals surface area contributed by atoms with Gasteiger partial charge >= 0.3 is 0 Å². The van der Waals surface area contributed by atoms with Gasteiger partial charge in [0.15, 0.2) is 0 Å². The standard InChI is InChI=1S/C26H20ClN5O3S/c27-20-5-1-8-23(13-20)36(34,35)31-21-6-2-7-22(14-21)32-17-30-24-12-19(9-10-25(24)32)26(33)29-16-18-4-3-11-28-15-18/h1-15,17,31H,16H2,(H,29,33). The minimum absolute atomic E-state index is 0.0721. The van der Waals surface area contributed by atoms with E-state index in [0.717, 1.165) is 11.1 Å². The number of nitrogens with one attached hydrogen (secondary N) is 2. The smallest absolute Gasteiger partial charge is 0.261 e. The SMILES string of the molecule is O=C(NCc1cccnc1)c1ccc2c(c1)ncn2-c1cccc(NS(=O)(=O)c2cccc(Cl)c2)c1. The molecule has 0 fully saturated rings. The minimum atomic E-state index is -3.81. The van der Waals surface area contributed by atoms with Crippen molar-refractivity contribution in [3.8, 4) is 5.69 Å². The molecule has 0 saturated carbocycles. The Morgan fingerprint density at radius 3 is 2.64 bits per heavy atom. The van der Waals surface area contributed by atoms with Crippen molar-refractivity contribution in [3.05, 3.63) is 114 Å². The fourth-order valence-corrected chi connectivity index (χ4v) is 5.06. The summed E-state index contributed by atoms with van der Waals surface area (Å²) in [7, 11) is -3.81. The third-order valence-electron chi connectivity index (χ3n) is 5.47. The number of pyridine rings is 1. The summed E-state index contributed by atoms with van der Waals surface area (Å²) in [6.07, 6.45) is 5.01. The Balaban J connectivity index is 1.36. The van der Waals surface area contributed by atoms with Crippen molar-refractivity contribution in [1.29, 1.82) is 0 Å². The van der Waals surface area contributed by atoms with Crippen LogP contribution in [0, 0.1) is 0 Å². The Morgan fingerprint density at radius 2 is 1.83 bits per heavy atom. The fraction of sp³-hybridized carbons (Fsp3) is 0.0385. The van der Waals surface area contributed by atoms with Gasteiger partial charge in [-0.3, -0.25) is 19.1 Å². The van der Waals surface area contributed by atoms with Crippen LogP contribution in [0.5, 0.6) is 0 Å². The number of aromatic nitrogens is 3. The number of carbonyl (C=O) groups excluding carboxylic acids is 1. The lowest BCUT2D eigenvalue weighted by atomic mass is 10.1. The molecule has 2 aromatic heterocycles. The fourth-order valence-electron chi connectivity index (χ4n) is 3.71. The quantitative estimate of drug-likeness (QED) is 0.322. The highest BCUT2D eigenvalue weighted by atomic mass is 35.5. The Bertz CT molecular complexity index is 1670. The summed E-state index contributed by atoms with van der Waals surface area (Å²) in [5, 5.41) is 3.21. The number of halogens is 1. The molecular formula is C26H20ClN5O3S. The molecule has 5 aromatic rings. The highest BCUT2D eigenvalue weighted by Gasteiger charge is 2.16. The summed E-state index contributed by atoms with van der Waals surface area (Å²) in [4.78, 5) is 21.2. The first kappa shape index (κ1) is 23.5. The van der Waals surface area contributed by atoms with Crippen molar-refractivity contribution in [2.24, 2.45) is 0 Å². The summed E-state index contributed by atoms with van der Waals surface area (Å²) in [5.41, 5.74) is 3.89. The van der Waals surface area contributed by atoms with Crippen molar-refractivity contribution in [3.63, 3.8) is 0 Å². The molecule has 180 valence electrons. The number of nitrogens with zero attached hydrogens (tertiary/aromatic N) is 3. The van der Waals surface area contributed by atoms with Gasteiger partial charge in [-0.25, -0.2) is 13.4 Å². The molecule has 0 radical (unpaired) electrons. The summed E-state index contributed by atoms with van der Waals surface area (Å²) >= 11 is 5.95. The molecule has 8 nitrogen and oxygen atoms in total. The molecule has 0 saturated heterocycles. The van der Waals surface area contributed by atoms with E-state index in [1.807, 2.05) is 28.8 Å². The summed E-state index contributed by atoms with van der Waals surface area (Å²) in [6, 6.07) is 22.0. The lowest BCUT2D eigenvalue weighted by molar-refractivity contribution is 0.0951. The van der Waals surface area contributed by atoms with Crippen molar-refractivity contribution in [2.45, 2.75) is 11.4 Å². The number of fused-ring (bicyclic) bond motifs is 1. The van der Waals surface area contributed by atoms with Crippen molar-refractivity contribution in [2.75, 3.05) is 4.72 Å². The lowest BCUT2D eigenvalue weighted by Crippen LogP contribution is -2.22. The van der Waals surface area contributed by atoms with Gasteiger partial charge in [0.25, 0.3) is 15.9 Å². The second-order valence-corrected chi connectivity index (χ2v) is 10.1. The van der Waals surface area contributed by atoms with Crippen molar-refractivity contribution >= 4 is 44.3 Å². The first-order chi connectivity index (χ1) is 17.4. The Kier molecular flexibility index (Phi) is 6.41. The normalized spacial score (nSPS) is 11.4. The second-order valence-electron chi connectivity index (χ2n) is 7.98. The maximum atomic E-state index is 12.8. The van der Waals surface area contributed by atoms with Gasteiger partial charge in [-0.05, 0) is 66.2 Å². The average molecular weight is 518 g/mol. The van der Waals surface area contributed by atoms with Gasteiger partial charge in [0.1, 0.15) is 6.33 Å². The van der Waals surface area contributed by atoms with E-state index in [2.05, 4.69) is 20.0 Å². The molecule has 0 aliphatic carbocycles. The van der Waals surface area contributed by atoms with E-state index in [4.69, 9.17) is 11.6 Å². The van der Waals surface area contributed by atoms with Crippen molar-refractivity contribution < 1.29 is 13.2 Å². The third kappa shape index (κ3) is 5.07. The highest BCUT2D eigenvalue weighted by Crippen LogP contribution is 2.24. The topological polar surface area (TPSA) is 106 Å². The largest absolute Gasteiger partial charge is 0.348 e. The number of imidazole rings is 1. The molecule has 3 aromatic carbocycles. The number of anilines is 1. The molecule has 36 heavy (non-hydrogen) atoms. The van der Waals surface area contributed by atoms with E-state index >= 15 is 0 Å². The van der Waals surface area contributed by atoms with E-state index in [-0.39, 0.29) is 10.8 Å². The first-order valence-corrected chi connectivity index (χ1v) is 12.8. The Morgan fingerprint density at radius 1 is 0.972 bits per heavy atom. The third-order valence-corrected chi connectivity index (χ3v) is 7.08. The van der Waals surface area contributed by atoms with Gasteiger partial charge < -0.3 is 5.32 Å². The first-order valence-electron chi connectivity index (χ1n) is 10.9. The van der Waals surface area contributed by atoms with Crippen LogP contribution in [0.25, 0.3) is 16.7 Å². The molecule has 0 aliphatic heterocycles. The van der Waals surface area contributed by atoms with Gasteiger partial charge in [0.2, 0.25) is 0 Å². The van der Waals surface area contributed by atoms with Crippen LogP contribution in [-0.4, -0.2) is 28.9 Å². The number of amides is 1. The van der Waals surface area contributed by atoms with Crippen LogP contribution in [0.2, 0.25) is 5.02 Å². The lowest BCUT2D eigenvalue weighted by Gasteiger charge is -2.11. The summed E-state index contributed by atoms with van der Waals surface area (Å²) in [6.45, 7) is 0.372. The highest BCUT2D eigenvalue weighted by molar-refractivity contribution is 7.92. The average Bonchev–Trinajstić information content (AvgIpc) is 3.31. The van der Waals surface area contributed by atoms with Crippen LogP contribution >= 0.6 is 11.6 Å². The zero-order valence-electron chi connectivity index (χ0n) is 18.8. The zero-order valence-corrected chi connectivity index (χ0v) is 20.4. The minimum Gasteiger partial charge on any atom is -0.348 e. The van der Waals surface area contributed by atoms with Crippen LogP contribution in [0.4, 0.5) is 5.69 Å². The van der Waals surface area contributed by atoms with Crippen LogP contribution in [-0.2, 0) is 16.6 Å². The number of hydrogen-bond donors (Lipinski definition) is 2. The summed E-state index contributed by atoms with van der Waals surface area (Å²) < 4.78 is 30.0. The molecule has 2 heterocycles.